The van der Waals surface area contributed by atoms with Crippen LogP contribution in [0.3, 0.4) is 0 Å². The van der Waals surface area contributed by atoms with Crippen LogP contribution >= 0.6 is 11.8 Å². The number of rotatable bonds is 4. The number of hydrogen-bond acceptors (Lipinski definition) is 1. The lowest BCUT2D eigenvalue weighted by molar-refractivity contribution is 0.187. The normalized spacial score (nSPS) is 15.5. The summed E-state index contributed by atoms with van der Waals surface area (Å²) < 4.78 is 0.556. The highest BCUT2D eigenvalue weighted by Gasteiger charge is 2.46. The summed E-state index contributed by atoms with van der Waals surface area (Å²) in [5.74, 6) is 0.695. The van der Waals surface area contributed by atoms with E-state index in [-0.39, 0.29) is 9.49 Å². The summed E-state index contributed by atoms with van der Waals surface area (Å²) in [5, 5.41) is 0. The maximum atomic E-state index is 2.41. The van der Waals surface area contributed by atoms with Gasteiger partial charge >= 0.3 is 0 Å². The van der Waals surface area contributed by atoms with Crippen molar-refractivity contribution >= 4 is 11.8 Å². The molecule has 0 N–H and O–H groups in total. The smallest absolute Gasteiger partial charge is 0.0162 e. The molecule has 0 amide bonds. The molecule has 0 aromatic carbocycles. The van der Waals surface area contributed by atoms with Crippen LogP contribution in [0.4, 0.5) is 0 Å². The minimum Gasteiger partial charge on any atom is -0.148 e. The van der Waals surface area contributed by atoms with Crippen LogP contribution in [0.5, 0.6) is 0 Å². The lowest BCUT2D eigenvalue weighted by atomic mass is 9.71. The first-order valence-corrected chi connectivity index (χ1v) is 7.67. The van der Waals surface area contributed by atoms with Gasteiger partial charge in [-0.3, -0.25) is 0 Å². The third-order valence-electron chi connectivity index (χ3n) is 5.31. The molecule has 0 aliphatic heterocycles. The van der Waals surface area contributed by atoms with Crippen molar-refractivity contribution in [2.75, 3.05) is 0 Å². The Morgan fingerprint density at radius 2 is 1.00 bits per heavy atom. The van der Waals surface area contributed by atoms with Crippen LogP contribution in [0.15, 0.2) is 0 Å². The molecule has 17 heavy (non-hydrogen) atoms. The van der Waals surface area contributed by atoms with Crippen LogP contribution in [0, 0.1) is 16.7 Å². The minimum absolute atomic E-state index is 0.276. The summed E-state index contributed by atoms with van der Waals surface area (Å²) in [4.78, 5) is 0. The van der Waals surface area contributed by atoms with Gasteiger partial charge in [0, 0.05) is 9.49 Å². The van der Waals surface area contributed by atoms with E-state index in [0.717, 1.165) is 0 Å². The van der Waals surface area contributed by atoms with E-state index in [1.165, 1.54) is 0 Å². The maximum Gasteiger partial charge on any atom is 0.0162 e. The molecular formula is C16H34S. The molecule has 0 saturated heterocycles. The van der Waals surface area contributed by atoms with Crippen molar-refractivity contribution < 1.29 is 0 Å². The Hall–Kier alpha value is 0.350. The fourth-order valence-corrected chi connectivity index (χ4v) is 3.70. The maximum absolute atomic E-state index is 2.41. The molecular weight excluding hydrogens is 224 g/mol. The van der Waals surface area contributed by atoms with Gasteiger partial charge in [0.05, 0.1) is 0 Å². The van der Waals surface area contributed by atoms with Crippen LogP contribution in [0.1, 0.15) is 76.2 Å². The Labute approximate surface area is 114 Å². The van der Waals surface area contributed by atoms with Gasteiger partial charge in [0.25, 0.3) is 0 Å². The van der Waals surface area contributed by atoms with E-state index in [1.54, 1.807) is 0 Å². The fourth-order valence-electron chi connectivity index (χ4n) is 1.62. The molecule has 1 heteroatoms. The quantitative estimate of drug-likeness (QED) is 0.595. The van der Waals surface area contributed by atoms with E-state index in [2.05, 4.69) is 87.9 Å². The van der Waals surface area contributed by atoms with Gasteiger partial charge in [0.15, 0.2) is 0 Å². The highest BCUT2D eigenvalue weighted by molar-refractivity contribution is 8.02. The standard InChI is InChI=1S/C16H34S/c1-12(2)14(6,7)16(10,11)17-15(8,9)13(3,4)5/h12H,1-11H3. The van der Waals surface area contributed by atoms with Crippen molar-refractivity contribution in [2.24, 2.45) is 16.7 Å². The van der Waals surface area contributed by atoms with Crippen LogP contribution in [0.2, 0.25) is 0 Å². The van der Waals surface area contributed by atoms with Crippen LogP contribution < -0.4 is 0 Å². The molecule has 0 aliphatic carbocycles. The molecule has 0 unspecified atom stereocenters. The molecule has 0 atom stereocenters. The predicted octanol–water partition coefficient (Wildman–Crippen LogP) is 6.01. The van der Waals surface area contributed by atoms with Gasteiger partial charge in [-0.25, -0.2) is 0 Å². The highest BCUT2D eigenvalue weighted by Crippen LogP contribution is 2.55. The molecule has 0 aliphatic rings. The predicted molar refractivity (Wildman–Crippen MR) is 83.8 cm³/mol. The summed E-state index contributed by atoms with van der Waals surface area (Å²) in [6.45, 7) is 26.1. The van der Waals surface area contributed by atoms with Gasteiger partial charge in [0.2, 0.25) is 0 Å². The monoisotopic (exact) mass is 258 g/mol. The first-order valence-electron chi connectivity index (χ1n) is 6.85. The van der Waals surface area contributed by atoms with Crippen molar-refractivity contribution in [1.82, 2.24) is 0 Å². The minimum atomic E-state index is 0.276. The van der Waals surface area contributed by atoms with Crippen LogP contribution in [0.25, 0.3) is 0 Å². The first kappa shape index (κ1) is 17.4. The average Bonchev–Trinajstić information content (AvgIpc) is 1.98. The van der Waals surface area contributed by atoms with E-state index in [9.17, 15) is 0 Å². The molecule has 0 spiro atoms. The van der Waals surface area contributed by atoms with Crippen molar-refractivity contribution in [3.8, 4) is 0 Å². The Kier molecular flexibility index (Phi) is 4.89. The first-order chi connectivity index (χ1) is 7.15. The highest BCUT2D eigenvalue weighted by atomic mass is 32.2. The SMILES string of the molecule is CC(C)C(C)(C)C(C)(C)SC(C)(C)C(C)(C)C. The topological polar surface area (TPSA) is 0 Å². The van der Waals surface area contributed by atoms with Gasteiger partial charge in [0.1, 0.15) is 0 Å². The van der Waals surface area contributed by atoms with Crippen LogP contribution in [-0.2, 0) is 0 Å². The van der Waals surface area contributed by atoms with Gasteiger partial charge in [-0.05, 0) is 16.7 Å². The molecule has 0 nitrogen and oxygen atoms in total. The summed E-state index contributed by atoms with van der Waals surface area (Å²) in [5.41, 5.74) is 0.655. The third-order valence-corrected chi connectivity index (χ3v) is 7.47. The molecule has 0 fully saturated rings. The van der Waals surface area contributed by atoms with Gasteiger partial charge in [-0.1, -0.05) is 76.2 Å². The van der Waals surface area contributed by atoms with E-state index >= 15 is 0 Å². The van der Waals surface area contributed by atoms with Crippen molar-refractivity contribution in [2.45, 2.75) is 85.7 Å². The Balaban J connectivity index is 5.14. The largest absolute Gasteiger partial charge is 0.148 e. The summed E-state index contributed by atoms with van der Waals surface area (Å²) in [6, 6.07) is 0. The average molecular weight is 259 g/mol. The van der Waals surface area contributed by atoms with Crippen LogP contribution in [-0.4, -0.2) is 9.49 Å². The number of hydrogen-bond donors (Lipinski definition) is 0. The zero-order valence-corrected chi connectivity index (χ0v) is 14.8. The zero-order valence-electron chi connectivity index (χ0n) is 14.0. The summed E-state index contributed by atoms with van der Waals surface area (Å²) >= 11 is 2.15. The molecule has 0 saturated carbocycles. The fraction of sp³-hybridized carbons (Fsp3) is 1.00. The molecule has 104 valence electrons. The van der Waals surface area contributed by atoms with E-state index in [1.807, 2.05) is 0 Å². The Morgan fingerprint density at radius 3 is 1.24 bits per heavy atom. The zero-order chi connectivity index (χ0) is 14.3. The molecule has 0 heterocycles. The second-order valence-corrected chi connectivity index (χ2v) is 10.5. The second-order valence-electron chi connectivity index (χ2n) is 8.25. The van der Waals surface area contributed by atoms with E-state index in [4.69, 9.17) is 0 Å². The van der Waals surface area contributed by atoms with Crippen molar-refractivity contribution in [1.29, 1.82) is 0 Å². The van der Waals surface area contributed by atoms with E-state index in [0.29, 0.717) is 16.7 Å². The second kappa shape index (κ2) is 4.79. The number of thioether (sulfide) groups is 1. The molecule has 0 rings (SSSR count). The van der Waals surface area contributed by atoms with Gasteiger partial charge in [-0.15, -0.1) is 11.8 Å². The molecule has 0 bridgehead atoms. The Morgan fingerprint density at radius 1 is 0.647 bits per heavy atom. The van der Waals surface area contributed by atoms with Gasteiger partial charge in [-0.2, -0.15) is 0 Å². The van der Waals surface area contributed by atoms with Crippen molar-refractivity contribution in [3.63, 3.8) is 0 Å². The lowest BCUT2D eigenvalue weighted by Crippen LogP contribution is -2.46. The molecule has 0 radical (unpaired) electrons. The summed E-state index contributed by atoms with van der Waals surface area (Å²) in [7, 11) is 0. The van der Waals surface area contributed by atoms with E-state index < -0.39 is 0 Å². The Bertz CT molecular complexity index is 251. The van der Waals surface area contributed by atoms with Crippen molar-refractivity contribution in [3.05, 3.63) is 0 Å². The molecule has 0 aromatic rings. The lowest BCUT2D eigenvalue weighted by Gasteiger charge is -2.51. The van der Waals surface area contributed by atoms with Gasteiger partial charge < -0.3 is 0 Å². The third kappa shape index (κ3) is 3.66. The molecule has 0 aromatic heterocycles. The summed E-state index contributed by atoms with van der Waals surface area (Å²) in [6.07, 6.45) is 0.